The summed E-state index contributed by atoms with van der Waals surface area (Å²) in [6.45, 7) is 4.26. The van der Waals surface area contributed by atoms with Crippen molar-refractivity contribution in [1.82, 2.24) is 4.90 Å². The molecule has 2 aromatic carbocycles. The lowest BCUT2D eigenvalue weighted by atomic mass is 9.99. The molecule has 0 saturated heterocycles. The zero-order valence-corrected chi connectivity index (χ0v) is 15.5. The van der Waals surface area contributed by atoms with Crippen molar-refractivity contribution in [1.29, 1.82) is 0 Å². The minimum atomic E-state index is 0.254. The standard InChI is InChI=1S/C23H27NO2/c1-19-8-7-11-22(18-19)26-17-6-5-12-23(25)24-15-13-21(14-16-24)20-9-3-2-4-10-20/h2-4,7-11,13,18H,5-6,12,14-17H2,1H3. The minimum absolute atomic E-state index is 0.254. The van der Waals surface area contributed by atoms with E-state index in [1.54, 1.807) is 0 Å². The van der Waals surface area contributed by atoms with E-state index in [0.29, 0.717) is 13.0 Å². The molecule has 2 aromatic rings. The van der Waals surface area contributed by atoms with Crippen LogP contribution in [0.1, 0.15) is 36.8 Å². The fourth-order valence-corrected chi connectivity index (χ4v) is 3.24. The summed E-state index contributed by atoms with van der Waals surface area (Å²) in [7, 11) is 0. The zero-order valence-electron chi connectivity index (χ0n) is 15.5. The predicted molar refractivity (Wildman–Crippen MR) is 106 cm³/mol. The topological polar surface area (TPSA) is 29.5 Å². The van der Waals surface area contributed by atoms with Crippen LogP contribution in [0.5, 0.6) is 5.75 Å². The molecule has 1 heterocycles. The summed E-state index contributed by atoms with van der Waals surface area (Å²) >= 11 is 0. The monoisotopic (exact) mass is 349 g/mol. The minimum Gasteiger partial charge on any atom is -0.494 e. The maximum Gasteiger partial charge on any atom is 0.222 e. The number of nitrogens with zero attached hydrogens (tertiary/aromatic N) is 1. The quantitative estimate of drug-likeness (QED) is 0.668. The molecule has 26 heavy (non-hydrogen) atoms. The first-order valence-electron chi connectivity index (χ1n) is 9.44. The van der Waals surface area contributed by atoms with Gasteiger partial charge in [0.05, 0.1) is 6.61 Å². The average molecular weight is 349 g/mol. The van der Waals surface area contributed by atoms with Crippen LogP contribution in [-0.2, 0) is 4.79 Å². The molecule has 3 heteroatoms. The van der Waals surface area contributed by atoms with Gasteiger partial charge in [0.15, 0.2) is 0 Å². The van der Waals surface area contributed by atoms with Crippen molar-refractivity contribution in [2.75, 3.05) is 19.7 Å². The van der Waals surface area contributed by atoms with E-state index in [1.165, 1.54) is 16.7 Å². The summed E-state index contributed by atoms with van der Waals surface area (Å²) in [5, 5.41) is 0. The lowest BCUT2D eigenvalue weighted by molar-refractivity contribution is -0.130. The third-order valence-corrected chi connectivity index (χ3v) is 4.75. The van der Waals surface area contributed by atoms with Gasteiger partial charge < -0.3 is 9.64 Å². The molecule has 0 spiro atoms. The molecule has 0 unspecified atom stereocenters. The number of hydrogen-bond donors (Lipinski definition) is 0. The fourth-order valence-electron chi connectivity index (χ4n) is 3.24. The molecule has 0 aliphatic carbocycles. The summed E-state index contributed by atoms with van der Waals surface area (Å²) in [4.78, 5) is 14.3. The van der Waals surface area contributed by atoms with E-state index in [4.69, 9.17) is 4.74 Å². The summed E-state index contributed by atoms with van der Waals surface area (Å²) < 4.78 is 5.74. The van der Waals surface area contributed by atoms with Crippen molar-refractivity contribution in [3.05, 3.63) is 71.8 Å². The van der Waals surface area contributed by atoms with E-state index in [2.05, 4.69) is 43.3 Å². The second-order valence-electron chi connectivity index (χ2n) is 6.81. The van der Waals surface area contributed by atoms with Crippen LogP contribution in [0, 0.1) is 6.92 Å². The summed E-state index contributed by atoms with van der Waals surface area (Å²) in [6, 6.07) is 18.5. The molecule has 1 aliphatic rings. The van der Waals surface area contributed by atoms with E-state index in [1.807, 2.05) is 29.2 Å². The molecular weight excluding hydrogens is 322 g/mol. The van der Waals surface area contributed by atoms with Crippen LogP contribution in [0.15, 0.2) is 60.7 Å². The van der Waals surface area contributed by atoms with Crippen LogP contribution in [-0.4, -0.2) is 30.5 Å². The second-order valence-corrected chi connectivity index (χ2v) is 6.81. The largest absolute Gasteiger partial charge is 0.494 e. The highest BCUT2D eigenvalue weighted by molar-refractivity contribution is 5.78. The Labute approximate surface area is 156 Å². The van der Waals surface area contributed by atoms with Crippen molar-refractivity contribution < 1.29 is 9.53 Å². The van der Waals surface area contributed by atoms with Crippen LogP contribution in [0.3, 0.4) is 0 Å². The molecule has 0 saturated carbocycles. The van der Waals surface area contributed by atoms with E-state index in [9.17, 15) is 4.79 Å². The Morgan fingerprint density at radius 2 is 1.92 bits per heavy atom. The van der Waals surface area contributed by atoms with E-state index >= 15 is 0 Å². The van der Waals surface area contributed by atoms with Gasteiger partial charge in [0.2, 0.25) is 5.91 Å². The number of hydrogen-bond acceptors (Lipinski definition) is 2. The Hall–Kier alpha value is -2.55. The lowest BCUT2D eigenvalue weighted by Crippen LogP contribution is -2.34. The van der Waals surface area contributed by atoms with Gasteiger partial charge in [-0.3, -0.25) is 4.79 Å². The summed E-state index contributed by atoms with van der Waals surface area (Å²) in [5.41, 5.74) is 3.82. The van der Waals surface area contributed by atoms with Crippen molar-refractivity contribution in [3.8, 4) is 5.75 Å². The maximum atomic E-state index is 12.4. The van der Waals surface area contributed by atoms with Crippen molar-refractivity contribution in [2.45, 2.75) is 32.6 Å². The SMILES string of the molecule is Cc1cccc(OCCCCC(=O)N2CC=C(c3ccccc3)CC2)c1. The number of carbonyl (C=O) groups is 1. The van der Waals surface area contributed by atoms with Crippen LogP contribution in [0.4, 0.5) is 0 Å². The number of unbranched alkanes of at least 4 members (excludes halogenated alkanes) is 1. The molecular formula is C23H27NO2. The molecule has 0 radical (unpaired) electrons. The molecule has 3 rings (SSSR count). The number of ether oxygens (including phenoxy) is 1. The first kappa shape index (κ1) is 18.2. The number of aryl methyl sites for hydroxylation is 1. The van der Waals surface area contributed by atoms with E-state index in [0.717, 1.165) is 38.1 Å². The smallest absolute Gasteiger partial charge is 0.222 e. The Morgan fingerprint density at radius 1 is 1.08 bits per heavy atom. The van der Waals surface area contributed by atoms with Crippen molar-refractivity contribution in [3.63, 3.8) is 0 Å². The first-order valence-corrected chi connectivity index (χ1v) is 9.44. The Bertz CT molecular complexity index is 752. The highest BCUT2D eigenvalue weighted by Crippen LogP contribution is 2.22. The molecule has 0 atom stereocenters. The molecule has 1 amide bonds. The highest BCUT2D eigenvalue weighted by atomic mass is 16.5. The van der Waals surface area contributed by atoms with Crippen LogP contribution >= 0.6 is 0 Å². The molecule has 0 N–H and O–H groups in total. The molecule has 1 aliphatic heterocycles. The van der Waals surface area contributed by atoms with Crippen LogP contribution in [0.25, 0.3) is 5.57 Å². The Morgan fingerprint density at radius 3 is 2.65 bits per heavy atom. The fraction of sp³-hybridized carbons (Fsp3) is 0.348. The van der Waals surface area contributed by atoms with Gasteiger partial charge in [0.25, 0.3) is 0 Å². The van der Waals surface area contributed by atoms with Crippen LogP contribution < -0.4 is 4.74 Å². The van der Waals surface area contributed by atoms with Gasteiger partial charge in [-0.1, -0.05) is 48.5 Å². The lowest BCUT2D eigenvalue weighted by Gasteiger charge is -2.26. The van der Waals surface area contributed by atoms with Gasteiger partial charge in [0.1, 0.15) is 5.75 Å². The van der Waals surface area contributed by atoms with Gasteiger partial charge in [0, 0.05) is 19.5 Å². The zero-order chi connectivity index (χ0) is 18.2. The van der Waals surface area contributed by atoms with Crippen molar-refractivity contribution >= 4 is 11.5 Å². The maximum absolute atomic E-state index is 12.4. The van der Waals surface area contributed by atoms with Crippen molar-refractivity contribution in [2.24, 2.45) is 0 Å². The first-order chi connectivity index (χ1) is 12.7. The normalized spacial score (nSPS) is 14.0. The summed E-state index contributed by atoms with van der Waals surface area (Å²) in [6.07, 6.45) is 5.50. The molecule has 0 fully saturated rings. The number of carbonyl (C=O) groups excluding carboxylic acids is 1. The predicted octanol–water partition coefficient (Wildman–Crippen LogP) is 4.86. The number of amides is 1. The van der Waals surface area contributed by atoms with Gasteiger partial charge in [-0.15, -0.1) is 0 Å². The molecule has 3 nitrogen and oxygen atoms in total. The van der Waals surface area contributed by atoms with E-state index in [-0.39, 0.29) is 5.91 Å². The van der Waals surface area contributed by atoms with E-state index < -0.39 is 0 Å². The van der Waals surface area contributed by atoms with Gasteiger partial charge in [-0.25, -0.2) is 0 Å². The third kappa shape index (κ3) is 5.22. The Balaban J connectivity index is 1.36. The summed E-state index contributed by atoms with van der Waals surface area (Å²) in [5.74, 6) is 1.16. The highest BCUT2D eigenvalue weighted by Gasteiger charge is 2.17. The average Bonchev–Trinajstić information content (AvgIpc) is 2.68. The van der Waals surface area contributed by atoms with Crippen LogP contribution in [0.2, 0.25) is 0 Å². The van der Waals surface area contributed by atoms with Gasteiger partial charge in [-0.2, -0.15) is 0 Å². The molecule has 136 valence electrons. The second kappa shape index (κ2) is 9.23. The van der Waals surface area contributed by atoms with Gasteiger partial charge in [-0.05, 0) is 55.0 Å². The molecule has 0 bridgehead atoms. The Kier molecular flexibility index (Phi) is 6.48. The number of benzene rings is 2. The van der Waals surface area contributed by atoms with Gasteiger partial charge >= 0.3 is 0 Å². The number of rotatable bonds is 7. The molecule has 0 aromatic heterocycles. The third-order valence-electron chi connectivity index (χ3n) is 4.75.